The Morgan fingerprint density at radius 3 is 2.44 bits per heavy atom. The fourth-order valence-corrected chi connectivity index (χ4v) is 4.69. The molecule has 0 saturated heterocycles. The SMILES string of the molecule is Cc1cccnc1-n1c(SCC(=O)c2cc(C)c(C)c(C)c2C)nc2ccccc2c1=O. The Kier molecular flexibility index (Phi) is 5.98. The summed E-state index contributed by atoms with van der Waals surface area (Å²) in [5, 5.41) is 0.982. The molecule has 4 rings (SSSR count). The maximum Gasteiger partial charge on any atom is 0.267 e. The van der Waals surface area contributed by atoms with Crippen LogP contribution in [0.2, 0.25) is 0 Å². The van der Waals surface area contributed by atoms with Crippen LogP contribution >= 0.6 is 11.8 Å². The zero-order chi connectivity index (χ0) is 23.0. The van der Waals surface area contributed by atoms with Crippen molar-refractivity contribution in [1.82, 2.24) is 14.5 Å². The highest BCUT2D eigenvalue weighted by Crippen LogP contribution is 2.26. The van der Waals surface area contributed by atoms with Gasteiger partial charge in [-0.25, -0.2) is 14.5 Å². The summed E-state index contributed by atoms with van der Waals surface area (Å²) in [5.41, 5.74) is 6.46. The molecule has 0 aliphatic heterocycles. The average Bonchev–Trinajstić information content (AvgIpc) is 2.79. The zero-order valence-corrected chi connectivity index (χ0v) is 19.7. The third kappa shape index (κ3) is 3.86. The molecule has 0 aliphatic carbocycles. The first kappa shape index (κ1) is 22.0. The Bertz CT molecular complexity index is 1420. The van der Waals surface area contributed by atoms with E-state index >= 15 is 0 Å². The van der Waals surface area contributed by atoms with Crippen molar-refractivity contribution in [3.05, 3.63) is 92.4 Å². The van der Waals surface area contributed by atoms with Gasteiger partial charge in [-0.1, -0.05) is 30.0 Å². The number of hydrogen-bond acceptors (Lipinski definition) is 5. The number of aromatic nitrogens is 3. The van der Waals surface area contributed by atoms with E-state index < -0.39 is 0 Å². The lowest BCUT2D eigenvalue weighted by Crippen LogP contribution is -2.24. The third-order valence-electron chi connectivity index (χ3n) is 6.05. The van der Waals surface area contributed by atoms with Gasteiger partial charge in [-0.3, -0.25) is 9.59 Å². The number of carbonyl (C=O) groups excluding carboxylic acids is 1. The monoisotopic (exact) mass is 443 g/mol. The molecule has 32 heavy (non-hydrogen) atoms. The lowest BCUT2D eigenvalue weighted by Gasteiger charge is -2.15. The predicted molar refractivity (Wildman–Crippen MR) is 130 cm³/mol. The van der Waals surface area contributed by atoms with Crippen molar-refractivity contribution in [2.45, 2.75) is 39.8 Å². The predicted octanol–water partition coefficient (Wildman–Crippen LogP) is 5.30. The van der Waals surface area contributed by atoms with E-state index in [1.165, 1.54) is 21.9 Å². The van der Waals surface area contributed by atoms with Crippen molar-refractivity contribution >= 4 is 28.4 Å². The Hall–Kier alpha value is -3.25. The topological polar surface area (TPSA) is 64.8 Å². The number of nitrogens with zero attached hydrogens (tertiary/aromatic N) is 3. The van der Waals surface area contributed by atoms with Gasteiger partial charge in [0.2, 0.25) is 0 Å². The minimum Gasteiger partial charge on any atom is -0.293 e. The molecular weight excluding hydrogens is 418 g/mol. The smallest absolute Gasteiger partial charge is 0.267 e. The van der Waals surface area contributed by atoms with E-state index in [1.807, 2.05) is 64.1 Å². The lowest BCUT2D eigenvalue weighted by molar-refractivity contribution is 0.102. The molecule has 0 N–H and O–H groups in total. The molecule has 0 aliphatic rings. The first-order valence-electron chi connectivity index (χ1n) is 10.5. The number of hydrogen-bond donors (Lipinski definition) is 0. The highest BCUT2D eigenvalue weighted by molar-refractivity contribution is 7.99. The van der Waals surface area contributed by atoms with Crippen LogP contribution in [0, 0.1) is 34.6 Å². The number of thioether (sulfide) groups is 1. The first-order valence-corrected chi connectivity index (χ1v) is 11.5. The van der Waals surface area contributed by atoms with Crippen LogP contribution in [0.3, 0.4) is 0 Å². The molecule has 0 radical (unpaired) electrons. The highest BCUT2D eigenvalue weighted by atomic mass is 32.2. The molecule has 0 unspecified atom stereocenters. The van der Waals surface area contributed by atoms with Gasteiger partial charge in [0.25, 0.3) is 5.56 Å². The minimum atomic E-state index is -0.189. The molecule has 2 heterocycles. The van der Waals surface area contributed by atoms with Crippen LogP contribution in [0.15, 0.2) is 58.6 Å². The highest BCUT2D eigenvalue weighted by Gasteiger charge is 2.19. The number of fused-ring (bicyclic) bond motifs is 1. The lowest BCUT2D eigenvalue weighted by atomic mass is 9.93. The summed E-state index contributed by atoms with van der Waals surface area (Å²) in [5.74, 6) is 0.730. The third-order valence-corrected chi connectivity index (χ3v) is 6.99. The summed E-state index contributed by atoms with van der Waals surface area (Å²) in [4.78, 5) is 35.7. The van der Waals surface area contributed by atoms with E-state index in [-0.39, 0.29) is 17.1 Å². The van der Waals surface area contributed by atoms with Crippen molar-refractivity contribution in [2.24, 2.45) is 0 Å². The molecule has 0 amide bonds. The second kappa shape index (κ2) is 8.71. The van der Waals surface area contributed by atoms with E-state index in [1.54, 1.807) is 12.3 Å². The van der Waals surface area contributed by atoms with Gasteiger partial charge in [0.05, 0.1) is 16.7 Å². The molecule has 2 aromatic carbocycles. The van der Waals surface area contributed by atoms with Gasteiger partial charge >= 0.3 is 0 Å². The fraction of sp³-hybridized carbons (Fsp3) is 0.231. The number of aryl methyl sites for hydroxylation is 2. The number of benzene rings is 2. The number of para-hydroxylation sites is 1. The van der Waals surface area contributed by atoms with Crippen LogP contribution in [-0.4, -0.2) is 26.1 Å². The van der Waals surface area contributed by atoms with E-state index in [0.717, 1.165) is 27.8 Å². The van der Waals surface area contributed by atoms with Crippen LogP contribution in [-0.2, 0) is 0 Å². The Balaban J connectivity index is 1.78. The van der Waals surface area contributed by atoms with Crippen molar-refractivity contribution in [1.29, 1.82) is 0 Å². The molecule has 6 heteroatoms. The number of carbonyl (C=O) groups is 1. The standard InChI is InChI=1S/C26H25N3O2S/c1-15-9-8-12-27-24(15)29-25(31)20-10-6-7-11-22(20)28-26(29)32-14-23(30)21-13-16(2)17(3)18(4)19(21)5/h6-13H,14H2,1-5H3. The summed E-state index contributed by atoms with van der Waals surface area (Å²) in [6, 6.07) is 13.0. The van der Waals surface area contributed by atoms with Gasteiger partial charge in [-0.15, -0.1) is 0 Å². The van der Waals surface area contributed by atoms with E-state index in [0.29, 0.717) is 21.9 Å². The van der Waals surface area contributed by atoms with Crippen LogP contribution in [0.25, 0.3) is 16.7 Å². The van der Waals surface area contributed by atoms with Crippen molar-refractivity contribution < 1.29 is 4.79 Å². The van der Waals surface area contributed by atoms with Crippen LogP contribution < -0.4 is 5.56 Å². The number of pyridine rings is 1. The Morgan fingerprint density at radius 1 is 0.938 bits per heavy atom. The molecule has 0 spiro atoms. The molecule has 4 aromatic rings. The molecule has 0 saturated carbocycles. The second-order valence-corrected chi connectivity index (χ2v) is 8.97. The van der Waals surface area contributed by atoms with Crippen LogP contribution in [0.5, 0.6) is 0 Å². The maximum atomic E-state index is 13.4. The van der Waals surface area contributed by atoms with Crippen molar-refractivity contribution in [2.75, 3.05) is 5.75 Å². The quantitative estimate of drug-likeness (QED) is 0.238. The van der Waals surface area contributed by atoms with Gasteiger partial charge in [0.15, 0.2) is 10.9 Å². The summed E-state index contributed by atoms with van der Waals surface area (Å²) in [6.45, 7) is 10.0. The fourth-order valence-electron chi connectivity index (χ4n) is 3.82. The number of rotatable bonds is 5. The van der Waals surface area contributed by atoms with Crippen molar-refractivity contribution in [3.8, 4) is 5.82 Å². The largest absolute Gasteiger partial charge is 0.293 e. The molecule has 5 nitrogen and oxygen atoms in total. The van der Waals surface area contributed by atoms with Gasteiger partial charge in [0, 0.05) is 11.8 Å². The van der Waals surface area contributed by atoms with Gasteiger partial charge in [0.1, 0.15) is 5.82 Å². The normalized spacial score (nSPS) is 11.2. The summed E-state index contributed by atoms with van der Waals surface area (Å²) < 4.78 is 1.52. The van der Waals surface area contributed by atoms with Crippen LogP contribution in [0.1, 0.15) is 38.2 Å². The minimum absolute atomic E-state index is 0.0189. The summed E-state index contributed by atoms with van der Waals surface area (Å²) in [7, 11) is 0. The van der Waals surface area contributed by atoms with E-state index in [2.05, 4.69) is 11.9 Å². The van der Waals surface area contributed by atoms with Crippen LogP contribution in [0.4, 0.5) is 0 Å². The van der Waals surface area contributed by atoms with Gasteiger partial charge < -0.3 is 0 Å². The number of ketones is 1. The maximum absolute atomic E-state index is 13.4. The zero-order valence-electron chi connectivity index (χ0n) is 18.9. The molecular formula is C26H25N3O2S. The summed E-state index contributed by atoms with van der Waals surface area (Å²) in [6.07, 6.45) is 1.66. The molecule has 0 bridgehead atoms. The van der Waals surface area contributed by atoms with E-state index in [4.69, 9.17) is 4.98 Å². The molecule has 0 atom stereocenters. The molecule has 2 aromatic heterocycles. The number of Topliss-reactive ketones (excluding diaryl/α,β-unsaturated/α-hetero) is 1. The molecule has 162 valence electrons. The van der Waals surface area contributed by atoms with Gasteiger partial charge in [-0.05, 0) is 86.7 Å². The van der Waals surface area contributed by atoms with E-state index in [9.17, 15) is 9.59 Å². The first-order chi connectivity index (χ1) is 15.3. The average molecular weight is 444 g/mol. The Labute approximate surface area is 191 Å². The second-order valence-electron chi connectivity index (χ2n) is 8.02. The Morgan fingerprint density at radius 2 is 1.69 bits per heavy atom. The van der Waals surface area contributed by atoms with Crippen molar-refractivity contribution in [3.63, 3.8) is 0 Å². The van der Waals surface area contributed by atoms with Gasteiger partial charge in [-0.2, -0.15) is 0 Å². The summed E-state index contributed by atoms with van der Waals surface area (Å²) >= 11 is 1.27. The molecule has 0 fully saturated rings.